The number of hydrogen-bond acceptors (Lipinski definition) is 2. The maximum absolute atomic E-state index is 11.5. The lowest BCUT2D eigenvalue weighted by molar-refractivity contribution is 0.0988. The van der Waals surface area contributed by atoms with Gasteiger partial charge in [-0.25, -0.2) is 0 Å². The van der Waals surface area contributed by atoms with Crippen LogP contribution in [0, 0.1) is 5.41 Å². The van der Waals surface area contributed by atoms with E-state index >= 15 is 0 Å². The SMILES string of the molecule is CCC(=O)c1ccc(NCC2(C)CCCC2)cc1. The first-order valence-electron chi connectivity index (χ1n) is 7.00. The van der Waals surface area contributed by atoms with Crippen LogP contribution in [0.5, 0.6) is 0 Å². The minimum Gasteiger partial charge on any atom is -0.384 e. The zero-order valence-electron chi connectivity index (χ0n) is 11.5. The first-order valence-corrected chi connectivity index (χ1v) is 7.00. The highest BCUT2D eigenvalue weighted by Gasteiger charge is 2.28. The molecule has 0 saturated heterocycles. The summed E-state index contributed by atoms with van der Waals surface area (Å²) in [5.41, 5.74) is 2.39. The molecule has 2 heteroatoms. The van der Waals surface area contributed by atoms with Gasteiger partial charge >= 0.3 is 0 Å². The maximum atomic E-state index is 11.5. The first kappa shape index (κ1) is 13.1. The molecule has 0 spiro atoms. The largest absolute Gasteiger partial charge is 0.384 e. The van der Waals surface area contributed by atoms with Crippen LogP contribution >= 0.6 is 0 Å². The monoisotopic (exact) mass is 245 g/mol. The van der Waals surface area contributed by atoms with Crippen molar-refractivity contribution >= 4 is 11.5 Å². The molecule has 1 fully saturated rings. The number of Topliss-reactive ketones (excluding diaryl/α,β-unsaturated/α-hetero) is 1. The van der Waals surface area contributed by atoms with E-state index < -0.39 is 0 Å². The molecule has 0 amide bonds. The smallest absolute Gasteiger partial charge is 0.162 e. The Balaban J connectivity index is 1.92. The summed E-state index contributed by atoms with van der Waals surface area (Å²) in [5.74, 6) is 0.212. The third-order valence-corrected chi connectivity index (χ3v) is 4.06. The molecule has 0 aliphatic heterocycles. The number of benzene rings is 1. The minimum absolute atomic E-state index is 0.212. The molecule has 1 aromatic carbocycles. The molecule has 1 aromatic rings. The van der Waals surface area contributed by atoms with Gasteiger partial charge in [0.25, 0.3) is 0 Å². The van der Waals surface area contributed by atoms with Gasteiger partial charge in [0.15, 0.2) is 5.78 Å². The molecule has 0 atom stereocenters. The van der Waals surface area contributed by atoms with Gasteiger partial charge in [0, 0.05) is 24.2 Å². The Bertz CT molecular complexity index is 402. The summed E-state index contributed by atoms with van der Waals surface area (Å²) in [7, 11) is 0. The summed E-state index contributed by atoms with van der Waals surface area (Å²) >= 11 is 0. The fourth-order valence-corrected chi connectivity index (χ4v) is 2.70. The van der Waals surface area contributed by atoms with Crippen LogP contribution in [0.4, 0.5) is 5.69 Å². The van der Waals surface area contributed by atoms with Crippen LogP contribution in [0.3, 0.4) is 0 Å². The molecule has 0 heterocycles. The molecule has 1 saturated carbocycles. The number of hydrogen-bond donors (Lipinski definition) is 1. The van der Waals surface area contributed by atoms with Gasteiger partial charge in [-0.3, -0.25) is 4.79 Å². The topological polar surface area (TPSA) is 29.1 Å². The van der Waals surface area contributed by atoms with Gasteiger partial charge in [-0.05, 0) is 42.5 Å². The average Bonchev–Trinajstić information content (AvgIpc) is 2.83. The van der Waals surface area contributed by atoms with Crippen LogP contribution in [0.15, 0.2) is 24.3 Å². The summed E-state index contributed by atoms with van der Waals surface area (Å²) in [4.78, 5) is 11.5. The Morgan fingerprint density at radius 3 is 2.39 bits per heavy atom. The van der Waals surface area contributed by atoms with Gasteiger partial charge in [-0.2, -0.15) is 0 Å². The second-order valence-corrected chi connectivity index (χ2v) is 5.73. The fraction of sp³-hybridized carbons (Fsp3) is 0.562. The molecule has 0 unspecified atom stereocenters. The van der Waals surface area contributed by atoms with Crippen LogP contribution < -0.4 is 5.32 Å². The van der Waals surface area contributed by atoms with E-state index in [0.717, 1.165) is 17.8 Å². The quantitative estimate of drug-likeness (QED) is 0.785. The predicted octanol–water partition coefficient (Wildman–Crippen LogP) is 4.27. The lowest BCUT2D eigenvalue weighted by atomic mass is 9.89. The van der Waals surface area contributed by atoms with Crippen molar-refractivity contribution < 1.29 is 4.79 Å². The first-order chi connectivity index (χ1) is 8.63. The van der Waals surface area contributed by atoms with E-state index in [2.05, 4.69) is 12.2 Å². The summed E-state index contributed by atoms with van der Waals surface area (Å²) < 4.78 is 0. The van der Waals surface area contributed by atoms with Gasteiger partial charge < -0.3 is 5.32 Å². The van der Waals surface area contributed by atoms with Crippen molar-refractivity contribution in [1.82, 2.24) is 0 Å². The number of rotatable bonds is 5. The lowest BCUT2D eigenvalue weighted by Gasteiger charge is -2.24. The highest BCUT2D eigenvalue weighted by Crippen LogP contribution is 2.37. The molecule has 98 valence electrons. The van der Waals surface area contributed by atoms with E-state index in [-0.39, 0.29) is 5.78 Å². The van der Waals surface area contributed by atoms with Gasteiger partial charge in [0.2, 0.25) is 0 Å². The van der Waals surface area contributed by atoms with Crippen molar-refractivity contribution in [2.75, 3.05) is 11.9 Å². The van der Waals surface area contributed by atoms with Crippen LogP contribution in [-0.2, 0) is 0 Å². The molecular formula is C16H23NO. The molecule has 1 aliphatic carbocycles. The summed E-state index contributed by atoms with van der Waals surface area (Å²) in [6.07, 6.45) is 5.95. The molecule has 0 radical (unpaired) electrons. The van der Waals surface area contributed by atoms with E-state index in [1.54, 1.807) is 0 Å². The summed E-state index contributed by atoms with van der Waals surface area (Å²) in [6.45, 7) is 5.30. The molecule has 1 aliphatic rings. The van der Waals surface area contributed by atoms with E-state index in [1.165, 1.54) is 25.7 Å². The standard InChI is InChI=1S/C16H23NO/c1-3-15(18)13-6-8-14(9-7-13)17-12-16(2)10-4-5-11-16/h6-9,17H,3-5,10-12H2,1-2H3. The Morgan fingerprint density at radius 2 is 1.83 bits per heavy atom. The predicted molar refractivity (Wildman–Crippen MR) is 76.1 cm³/mol. The Kier molecular flexibility index (Phi) is 4.05. The molecular weight excluding hydrogens is 222 g/mol. The highest BCUT2D eigenvalue weighted by molar-refractivity contribution is 5.96. The number of ketones is 1. The van der Waals surface area contributed by atoms with Gasteiger partial charge in [-0.1, -0.05) is 26.7 Å². The number of anilines is 1. The van der Waals surface area contributed by atoms with E-state index in [9.17, 15) is 4.79 Å². The third kappa shape index (κ3) is 3.12. The summed E-state index contributed by atoms with van der Waals surface area (Å²) in [6, 6.07) is 7.87. The van der Waals surface area contributed by atoms with Crippen LogP contribution in [-0.4, -0.2) is 12.3 Å². The number of nitrogens with one attached hydrogen (secondary N) is 1. The van der Waals surface area contributed by atoms with Crippen molar-refractivity contribution in [3.05, 3.63) is 29.8 Å². The van der Waals surface area contributed by atoms with Crippen molar-refractivity contribution in [2.45, 2.75) is 46.0 Å². The Hall–Kier alpha value is -1.31. The normalized spacial score (nSPS) is 17.7. The van der Waals surface area contributed by atoms with Gasteiger partial charge in [0.05, 0.1) is 0 Å². The van der Waals surface area contributed by atoms with Crippen molar-refractivity contribution in [1.29, 1.82) is 0 Å². The Morgan fingerprint density at radius 1 is 1.22 bits per heavy atom. The second kappa shape index (κ2) is 5.55. The molecule has 18 heavy (non-hydrogen) atoms. The minimum atomic E-state index is 0.212. The average molecular weight is 245 g/mol. The third-order valence-electron chi connectivity index (χ3n) is 4.06. The van der Waals surface area contributed by atoms with Crippen molar-refractivity contribution in [2.24, 2.45) is 5.41 Å². The molecule has 2 rings (SSSR count). The van der Waals surface area contributed by atoms with Crippen molar-refractivity contribution in [3.63, 3.8) is 0 Å². The molecule has 1 N–H and O–H groups in total. The molecule has 2 nitrogen and oxygen atoms in total. The van der Waals surface area contributed by atoms with Crippen LogP contribution in [0.1, 0.15) is 56.3 Å². The van der Waals surface area contributed by atoms with E-state index in [1.807, 2.05) is 31.2 Å². The van der Waals surface area contributed by atoms with E-state index in [4.69, 9.17) is 0 Å². The zero-order chi connectivity index (χ0) is 13.0. The van der Waals surface area contributed by atoms with E-state index in [0.29, 0.717) is 11.8 Å². The molecule has 0 aromatic heterocycles. The zero-order valence-corrected chi connectivity index (χ0v) is 11.5. The molecule has 0 bridgehead atoms. The van der Waals surface area contributed by atoms with Gasteiger partial charge in [0.1, 0.15) is 0 Å². The summed E-state index contributed by atoms with van der Waals surface area (Å²) in [5, 5.41) is 3.50. The van der Waals surface area contributed by atoms with Gasteiger partial charge in [-0.15, -0.1) is 0 Å². The lowest BCUT2D eigenvalue weighted by Crippen LogP contribution is -2.22. The number of carbonyl (C=O) groups excluding carboxylic acids is 1. The van der Waals surface area contributed by atoms with Crippen molar-refractivity contribution in [3.8, 4) is 0 Å². The Labute approximate surface area is 110 Å². The van der Waals surface area contributed by atoms with Crippen LogP contribution in [0.2, 0.25) is 0 Å². The highest BCUT2D eigenvalue weighted by atomic mass is 16.1. The second-order valence-electron chi connectivity index (χ2n) is 5.73. The maximum Gasteiger partial charge on any atom is 0.162 e. The number of carbonyl (C=O) groups is 1. The fourth-order valence-electron chi connectivity index (χ4n) is 2.70. The van der Waals surface area contributed by atoms with Crippen LogP contribution in [0.25, 0.3) is 0 Å².